The maximum absolute atomic E-state index is 3.54. The largest absolute Gasteiger partial charge is 0.299 e. The molecule has 0 spiro atoms. The van der Waals surface area contributed by atoms with Crippen molar-refractivity contribution < 1.29 is 0 Å². The Balaban J connectivity index is 1.95. The van der Waals surface area contributed by atoms with Gasteiger partial charge in [-0.25, -0.2) is 0 Å². The Kier molecular flexibility index (Phi) is 4.26. The zero-order chi connectivity index (χ0) is 12.3. The number of benzene rings is 1. The summed E-state index contributed by atoms with van der Waals surface area (Å²) < 4.78 is 1.19. The van der Waals surface area contributed by atoms with E-state index in [1.54, 1.807) is 0 Å². The second-order valence-corrected chi connectivity index (χ2v) is 6.84. The van der Waals surface area contributed by atoms with Crippen molar-refractivity contribution in [2.24, 2.45) is 5.41 Å². The summed E-state index contributed by atoms with van der Waals surface area (Å²) in [6.45, 7) is 8.37. The molecule has 1 fully saturated rings. The summed E-state index contributed by atoms with van der Waals surface area (Å²) in [5.74, 6) is 0. The van der Waals surface area contributed by atoms with Crippen LogP contribution in [0.5, 0.6) is 0 Å². The van der Waals surface area contributed by atoms with E-state index < -0.39 is 0 Å². The molecule has 0 saturated carbocycles. The third-order valence-corrected chi connectivity index (χ3v) is 4.22. The molecule has 0 bridgehead atoms. The zero-order valence-corrected chi connectivity index (χ0v) is 12.5. The zero-order valence-electron chi connectivity index (χ0n) is 10.9. The van der Waals surface area contributed by atoms with E-state index >= 15 is 0 Å². The molecule has 1 aliphatic rings. The van der Waals surface area contributed by atoms with E-state index in [2.05, 4.69) is 58.9 Å². The Morgan fingerprint density at radius 3 is 2.82 bits per heavy atom. The molecule has 0 aliphatic carbocycles. The van der Waals surface area contributed by atoms with Crippen molar-refractivity contribution in [3.8, 4) is 0 Å². The highest BCUT2D eigenvalue weighted by Crippen LogP contribution is 2.30. The minimum absolute atomic E-state index is 0.534. The number of likely N-dealkylation sites (tertiary alicyclic amines) is 1. The van der Waals surface area contributed by atoms with Gasteiger partial charge < -0.3 is 0 Å². The first-order chi connectivity index (χ1) is 8.05. The fourth-order valence-electron chi connectivity index (χ4n) is 2.53. The Morgan fingerprint density at radius 1 is 1.24 bits per heavy atom. The minimum atomic E-state index is 0.534. The maximum atomic E-state index is 3.54. The minimum Gasteiger partial charge on any atom is -0.299 e. The summed E-state index contributed by atoms with van der Waals surface area (Å²) in [7, 11) is 0. The van der Waals surface area contributed by atoms with Crippen molar-refractivity contribution >= 4 is 15.9 Å². The summed E-state index contributed by atoms with van der Waals surface area (Å²) >= 11 is 3.54. The van der Waals surface area contributed by atoms with Gasteiger partial charge in [0, 0.05) is 11.0 Å². The Labute approximate surface area is 113 Å². The molecule has 0 atom stereocenters. The van der Waals surface area contributed by atoms with Gasteiger partial charge in [0.2, 0.25) is 0 Å². The normalized spacial score (nSPS) is 21.1. The number of hydrogen-bond acceptors (Lipinski definition) is 1. The van der Waals surface area contributed by atoms with Crippen LogP contribution in [-0.4, -0.2) is 18.0 Å². The second-order valence-electron chi connectivity index (χ2n) is 5.92. The summed E-state index contributed by atoms with van der Waals surface area (Å²) in [6.07, 6.45) is 4.02. The molecule has 0 aromatic heterocycles. The lowest BCUT2D eigenvalue weighted by molar-refractivity contribution is 0.256. The van der Waals surface area contributed by atoms with E-state index in [-0.39, 0.29) is 0 Å². The van der Waals surface area contributed by atoms with E-state index in [4.69, 9.17) is 0 Å². The van der Waals surface area contributed by atoms with Gasteiger partial charge in [-0.3, -0.25) is 4.90 Å². The molecular weight excluding hydrogens is 274 g/mol. The van der Waals surface area contributed by atoms with Gasteiger partial charge in [0.1, 0.15) is 0 Å². The van der Waals surface area contributed by atoms with E-state index in [1.165, 1.54) is 42.4 Å². The molecule has 2 heteroatoms. The molecule has 17 heavy (non-hydrogen) atoms. The van der Waals surface area contributed by atoms with Gasteiger partial charge in [0.15, 0.2) is 0 Å². The van der Waals surface area contributed by atoms with Crippen LogP contribution in [-0.2, 0) is 6.54 Å². The van der Waals surface area contributed by atoms with Crippen molar-refractivity contribution in [3.63, 3.8) is 0 Å². The highest BCUT2D eigenvalue weighted by Gasteiger charge is 2.22. The van der Waals surface area contributed by atoms with Crippen molar-refractivity contribution in [2.75, 3.05) is 13.1 Å². The van der Waals surface area contributed by atoms with Gasteiger partial charge >= 0.3 is 0 Å². The van der Waals surface area contributed by atoms with Gasteiger partial charge in [-0.05, 0) is 55.5 Å². The quantitative estimate of drug-likeness (QED) is 0.778. The number of nitrogens with zero attached hydrogens (tertiary/aromatic N) is 1. The van der Waals surface area contributed by atoms with Crippen LogP contribution in [0, 0.1) is 5.41 Å². The van der Waals surface area contributed by atoms with Crippen LogP contribution in [0.25, 0.3) is 0 Å². The van der Waals surface area contributed by atoms with Crippen LogP contribution < -0.4 is 0 Å². The molecule has 1 aromatic rings. The molecule has 1 heterocycles. The lowest BCUT2D eigenvalue weighted by Crippen LogP contribution is -2.25. The standard InChI is InChI=1S/C15H22BrN/c1-15(2)7-4-9-17(10-8-15)12-13-5-3-6-14(16)11-13/h3,5-6,11H,4,7-10,12H2,1-2H3. The van der Waals surface area contributed by atoms with Crippen LogP contribution in [0.4, 0.5) is 0 Å². The molecular formula is C15H22BrN. The average Bonchev–Trinajstić information content (AvgIpc) is 2.41. The molecule has 1 aromatic carbocycles. The first kappa shape index (κ1) is 13.1. The lowest BCUT2D eigenvalue weighted by Gasteiger charge is -2.23. The van der Waals surface area contributed by atoms with Crippen molar-refractivity contribution in [3.05, 3.63) is 34.3 Å². The molecule has 94 valence electrons. The van der Waals surface area contributed by atoms with Gasteiger partial charge in [0.05, 0.1) is 0 Å². The monoisotopic (exact) mass is 295 g/mol. The highest BCUT2D eigenvalue weighted by atomic mass is 79.9. The summed E-state index contributed by atoms with van der Waals surface area (Å²) in [6, 6.07) is 8.67. The lowest BCUT2D eigenvalue weighted by atomic mass is 9.85. The van der Waals surface area contributed by atoms with E-state index in [1.807, 2.05) is 0 Å². The Morgan fingerprint density at radius 2 is 2.06 bits per heavy atom. The molecule has 0 N–H and O–H groups in total. The van der Waals surface area contributed by atoms with Gasteiger partial charge in [-0.1, -0.05) is 41.9 Å². The van der Waals surface area contributed by atoms with Crippen molar-refractivity contribution in [2.45, 2.75) is 39.7 Å². The van der Waals surface area contributed by atoms with E-state index in [0.717, 1.165) is 6.54 Å². The van der Waals surface area contributed by atoms with Gasteiger partial charge in [-0.15, -0.1) is 0 Å². The first-order valence-corrected chi connectivity index (χ1v) is 7.31. The number of rotatable bonds is 2. The molecule has 1 saturated heterocycles. The molecule has 0 unspecified atom stereocenters. The highest BCUT2D eigenvalue weighted by molar-refractivity contribution is 9.10. The first-order valence-electron chi connectivity index (χ1n) is 6.52. The van der Waals surface area contributed by atoms with Crippen molar-refractivity contribution in [1.82, 2.24) is 4.90 Å². The summed E-state index contributed by atoms with van der Waals surface area (Å²) in [5, 5.41) is 0. The molecule has 0 amide bonds. The fourth-order valence-corrected chi connectivity index (χ4v) is 2.98. The van der Waals surface area contributed by atoms with E-state index in [9.17, 15) is 0 Å². The van der Waals surface area contributed by atoms with Crippen LogP contribution in [0.15, 0.2) is 28.7 Å². The molecule has 1 nitrogen and oxygen atoms in total. The predicted molar refractivity (Wildman–Crippen MR) is 77.1 cm³/mol. The summed E-state index contributed by atoms with van der Waals surface area (Å²) in [4.78, 5) is 2.59. The van der Waals surface area contributed by atoms with E-state index in [0.29, 0.717) is 5.41 Å². The smallest absolute Gasteiger partial charge is 0.0234 e. The van der Waals surface area contributed by atoms with Crippen LogP contribution in [0.1, 0.15) is 38.7 Å². The van der Waals surface area contributed by atoms with Gasteiger partial charge in [0.25, 0.3) is 0 Å². The Hall–Kier alpha value is -0.340. The van der Waals surface area contributed by atoms with Gasteiger partial charge in [-0.2, -0.15) is 0 Å². The molecule has 1 aliphatic heterocycles. The molecule has 0 radical (unpaired) electrons. The van der Waals surface area contributed by atoms with Crippen LogP contribution in [0.2, 0.25) is 0 Å². The maximum Gasteiger partial charge on any atom is 0.0234 e. The van der Waals surface area contributed by atoms with Crippen LogP contribution in [0.3, 0.4) is 0 Å². The third-order valence-electron chi connectivity index (χ3n) is 3.73. The van der Waals surface area contributed by atoms with Crippen LogP contribution >= 0.6 is 15.9 Å². The fraction of sp³-hybridized carbons (Fsp3) is 0.600. The average molecular weight is 296 g/mol. The molecule has 2 rings (SSSR count). The summed E-state index contributed by atoms with van der Waals surface area (Å²) in [5.41, 5.74) is 1.95. The topological polar surface area (TPSA) is 3.24 Å². The Bertz CT molecular complexity index is 373. The number of halogens is 1. The SMILES string of the molecule is CC1(C)CCCN(Cc2cccc(Br)c2)CC1. The predicted octanol–water partition coefficient (Wildman–Crippen LogP) is 4.46. The third kappa shape index (κ3) is 4.11. The van der Waals surface area contributed by atoms with Crippen molar-refractivity contribution in [1.29, 1.82) is 0 Å². The number of hydrogen-bond donors (Lipinski definition) is 0. The second kappa shape index (κ2) is 5.53.